The maximum absolute atomic E-state index is 12.7. The molecule has 5 heteroatoms. The van der Waals surface area contributed by atoms with Crippen molar-refractivity contribution in [3.8, 4) is 0 Å². The van der Waals surface area contributed by atoms with Crippen molar-refractivity contribution in [1.29, 1.82) is 0 Å². The van der Waals surface area contributed by atoms with E-state index in [0.717, 1.165) is 4.90 Å². The number of benzene rings is 1. The van der Waals surface area contributed by atoms with E-state index in [1.807, 2.05) is 6.92 Å². The minimum Gasteiger partial charge on any atom is -0.389 e. The lowest BCUT2D eigenvalue weighted by Gasteiger charge is -2.28. The van der Waals surface area contributed by atoms with Crippen LogP contribution in [0, 0.1) is 5.82 Å². The standard InChI is InChI=1S/C14H20FNO2S/c1-4-16(10-14(2,3)18)13(17)9-19-12-7-5-11(15)6-8-12/h5-8,18H,4,9-10H2,1-3H3. The third kappa shape index (κ3) is 6.07. The second-order valence-corrected chi connectivity index (χ2v) is 6.01. The molecular formula is C14H20FNO2S. The van der Waals surface area contributed by atoms with Crippen LogP contribution in [0.4, 0.5) is 4.39 Å². The van der Waals surface area contributed by atoms with Crippen molar-refractivity contribution >= 4 is 17.7 Å². The molecule has 106 valence electrons. The smallest absolute Gasteiger partial charge is 0.233 e. The third-order valence-electron chi connectivity index (χ3n) is 2.49. The minimum absolute atomic E-state index is 0.0287. The summed E-state index contributed by atoms with van der Waals surface area (Å²) in [6, 6.07) is 6.06. The Morgan fingerprint density at radius 2 is 1.95 bits per heavy atom. The molecule has 3 nitrogen and oxygen atoms in total. The van der Waals surface area contributed by atoms with Crippen molar-refractivity contribution < 1.29 is 14.3 Å². The molecule has 1 aromatic carbocycles. The number of rotatable bonds is 6. The lowest BCUT2D eigenvalue weighted by atomic mass is 10.1. The van der Waals surface area contributed by atoms with E-state index in [1.165, 1.54) is 23.9 Å². The van der Waals surface area contributed by atoms with E-state index in [4.69, 9.17) is 0 Å². The monoisotopic (exact) mass is 285 g/mol. The van der Waals surface area contributed by atoms with E-state index in [0.29, 0.717) is 13.1 Å². The number of carbonyl (C=O) groups is 1. The number of thioether (sulfide) groups is 1. The highest BCUT2D eigenvalue weighted by atomic mass is 32.2. The Morgan fingerprint density at radius 1 is 1.37 bits per heavy atom. The summed E-state index contributed by atoms with van der Waals surface area (Å²) < 4.78 is 12.7. The fraction of sp³-hybridized carbons (Fsp3) is 0.500. The van der Waals surface area contributed by atoms with Crippen LogP contribution in [-0.2, 0) is 4.79 Å². The van der Waals surface area contributed by atoms with Crippen LogP contribution in [0.15, 0.2) is 29.2 Å². The number of hydrogen-bond acceptors (Lipinski definition) is 3. The highest BCUT2D eigenvalue weighted by molar-refractivity contribution is 8.00. The first-order chi connectivity index (χ1) is 8.81. The van der Waals surface area contributed by atoms with Gasteiger partial charge in [-0.3, -0.25) is 4.79 Å². The molecule has 0 aromatic heterocycles. The van der Waals surface area contributed by atoms with Crippen LogP contribution in [0.25, 0.3) is 0 Å². The van der Waals surface area contributed by atoms with Crippen LogP contribution in [-0.4, -0.2) is 40.4 Å². The summed E-state index contributed by atoms with van der Waals surface area (Å²) in [7, 11) is 0. The first kappa shape index (κ1) is 16.0. The van der Waals surface area contributed by atoms with Gasteiger partial charge in [-0.05, 0) is 45.0 Å². The van der Waals surface area contributed by atoms with Crippen molar-refractivity contribution in [3.63, 3.8) is 0 Å². The van der Waals surface area contributed by atoms with Gasteiger partial charge in [-0.1, -0.05) is 0 Å². The molecule has 0 heterocycles. The summed E-state index contributed by atoms with van der Waals surface area (Å²) in [6.07, 6.45) is 0. The van der Waals surface area contributed by atoms with Gasteiger partial charge < -0.3 is 10.0 Å². The predicted molar refractivity (Wildman–Crippen MR) is 75.7 cm³/mol. The molecule has 0 bridgehead atoms. The molecule has 1 N–H and O–H groups in total. The number of aliphatic hydroxyl groups is 1. The molecule has 19 heavy (non-hydrogen) atoms. The van der Waals surface area contributed by atoms with Crippen LogP contribution < -0.4 is 0 Å². The fourth-order valence-corrected chi connectivity index (χ4v) is 2.41. The zero-order valence-corrected chi connectivity index (χ0v) is 12.3. The summed E-state index contributed by atoms with van der Waals surface area (Å²) >= 11 is 1.37. The van der Waals surface area contributed by atoms with Gasteiger partial charge in [0.2, 0.25) is 5.91 Å². The van der Waals surface area contributed by atoms with E-state index in [1.54, 1.807) is 30.9 Å². The van der Waals surface area contributed by atoms with Gasteiger partial charge in [-0.2, -0.15) is 0 Å². The topological polar surface area (TPSA) is 40.5 Å². The van der Waals surface area contributed by atoms with E-state index >= 15 is 0 Å². The van der Waals surface area contributed by atoms with Crippen LogP contribution in [0.5, 0.6) is 0 Å². The zero-order chi connectivity index (χ0) is 14.5. The van der Waals surface area contributed by atoms with Gasteiger partial charge in [-0.15, -0.1) is 11.8 Å². The third-order valence-corrected chi connectivity index (χ3v) is 3.48. The molecule has 0 saturated carbocycles. The van der Waals surface area contributed by atoms with E-state index in [2.05, 4.69) is 0 Å². The Bertz CT molecular complexity index is 414. The molecule has 0 spiro atoms. The van der Waals surface area contributed by atoms with Crippen molar-refractivity contribution in [2.45, 2.75) is 31.3 Å². The number of likely N-dealkylation sites (N-methyl/N-ethyl adjacent to an activating group) is 1. The fourth-order valence-electron chi connectivity index (χ4n) is 1.61. The molecule has 1 aromatic rings. The van der Waals surface area contributed by atoms with Crippen LogP contribution >= 0.6 is 11.8 Å². The highest BCUT2D eigenvalue weighted by Gasteiger charge is 2.21. The van der Waals surface area contributed by atoms with Gasteiger partial charge in [0.05, 0.1) is 11.4 Å². The first-order valence-corrected chi connectivity index (χ1v) is 7.19. The maximum Gasteiger partial charge on any atom is 0.233 e. The Labute approximate surface area is 117 Å². The van der Waals surface area contributed by atoms with Crippen molar-refractivity contribution in [2.24, 2.45) is 0 Å². The van der Waals surface area contributed by atoms with E-state index < -0.39 is 5.60 Å². The summed E-state index contributed by atoms with van der Waals surface area (Å²) in [6.45, 7) is 6.11. The van der Waals surface area contributed by atoms with Gasteiger partial charge in [-0.25, -0.2) is 4.39 Å². The number of nitrogens with zero attached hydrogens (tertiary/aromatic N) is 1. The highest BCUT2D eigenvalue weighted by Crippen LogP contribution is 2.19. The number of halogens is 1. The first-order valence-electron chi connectivity index (χ1n) is 6.20. The van der Waals surface area contributed by atoms with Crippen LogP contribution in [0.3, 0.4) is 0 Å². The predicted octanol–water partition coefficient (Wildman–Crippen LogP) is 2.54. The zero-order valence-electron chi connectivity index (χ0n) is 11.5. The SMILES string of the molecule is CCN(CC(C)(C)O)C(=O)CSc1ccc(F)cc1. The molecule has 0 unspecified atom stereocenters. The molecule has 0 fully saturated rings. The summed E-state index contributed by atoms with van der Waals surface area (Å²) in [5.41, 5.74) is -0.897. The van der Waals surface area contributed by atoms with Crippen LogP contribution in [0.1, 0.15) is 20.8 Å². The Balaban J connectivity index is 2.51. The average molecular weight is 285 g/mol. The van der Waals surface area contributed by atoms with E-state index in [9.17, 15) is 14.3 Å². The molecule has 1 amide bonds. The van der Waals surface area contributed by atoms with Gasteiger partial charge in [0, 0.05) is 18.0 Å². The lowest BCUT2D eigenvalue weighted by Crippen LogP contribution is -2.42. The number of hydrogen-bond donors (Lipinski definition) is 1. The molecule has 0 aliphatic heterocycles. The van der Waals surface area contributed by atoms with Gasteiger partial charge in [0.15, 0.2) is 0 Å². The molecule has 0 aliphatic carbocycles. The molecular weight excluding hydrogens is 265 g/mol. The van der Waals surface area contributed by atoms with Gasteiger partial charge in [0.25, 0.3) is 0 Å². The van der Waals surface area contributed by atoms with Crippen molar-refractivity contribution in [3.05, 3.63) is 30.1 Å². The Morgan fingerprint density at radius 3 is 2.42 bits per heavy atom. The molecule has 0 saturated heterocycles. The average Bonchev–Trinajstić information content (AvgIpc) is 2.34. The second-order valence-electron chi connectivity index (χ2n) is 4.96. The maximum atomic E-state index is 12.7. The molecule has 0 atom stereocenters. The summed E-state index contributed by atoms with van der Waals surface area (Å²) in [4.78, 5) is 14.5. The normalized spacial score (nSPS) is 11.4. The summed E-state index contributed by atoms with van der Waals surface area (Å²) in [5.74, 6) is -0.0259. The number of amides is 1. The molecule has 0 radical (unpaired) electrons. The number of carbonyl (C=O) groups excluding carboxylic acids is 1. The summed E-state index contributed by atoms with van der Waals surface area (Å²) in [5, 5.41) is 9.74. The Kier molecular flexibility index (Phi) is 5.82. The van der Waals surface area contributed by atoms with Crippen molar-refractivity contribution in [1.82, 2.24) is 4.90 Å². The molecule has 1 rings (SSSR count). The van der Waals surface area contributed by atoms with E-state index in [-0.39, 0.29) is 17.5 Å². The quantitative estimate of drug-likeness (QED) is 0.817. The largest absolute Gasteiger partial charge is 0.389 e. The van der Waals surface area contributed by atoms with Gasteiger partial charge >= 0.3 is 0 Å². The Hall–Kier alpha value is -1.07. The van der Waals surface area contributed by atoms with Crippen molar-refractivity contribution in [2.75, 3.05) is 18.8 Å². The van der Waals surface area contributed by atoms with Crippen LogP contribution in [0.2, 0.25) is 0 Å². The second kappa shape index (κ2) is 6.91. The van der Waals surface area contributed by atoms with Gasteiger partial charge in [0.1, 0.15) is 5.82 Å². The minimum atomic E-state index is -0.897. The lowest BCUT2D eigenvalue weighted by molar-refractivity contribution is -0.131. The molecule has 0 aliphatic rings.